The van der Waals surface area contributed by atoms with E-state index in [0.717, 1.165) is 12.3 Å². The highest BCUT2D eigenvalue weighted by atomic mass is 15.3. The monoisotopic (exact) mass is 189 g/mol. The minimum atomic E-state index is 0.518. The Morgan fingerprint density at radius 1 is 1.36 bits per heavy atom. The van der Waals surface area contributed by atoms with Crippen LogP contribution in [0.3, 0.4) is 0 Å². The second kappa shape index (κ2) is 4.24. The molecule has 0 bridgehead atoms. The van der Waals surface area contributed by atoms with Gasteiger partial charge < -0.3 is 5.43 Å². The SMILES string of the molecule is NNC(Cc1ccccc1)=NC1CC1. The van der Waals surface area contributed by atoms with Gasteiger partial charge in [0.05, 0.1) is 6.04 Å². The lowest BCUT2D eigenvalue weighted by Crippen LogP contribution is -2.32. The van der Waals surface area contributed by atoms with Gasteiger partial charge in [-0.2, -0.15) is 0 Å². The van der Waals surface area contributed by atoms with E-state index < -0.39 is 0 Å². The average molecular weight is 189 g/mol. The summed E-state index contributed by atoms with van der Waals surface area (Å²) in [5.74, 6) is 6.30. The number of benzene rings is 1. The molecule has 2 rings (SSSR count). The van der Waals surface area contributed by atoms with Crippen molar-refractivity contribution in [2.45, 2.75) is 25.3 Å². The molecule has 0 atom stereocenters. The summed E-state index contributed by atoms with van der Waals surface area (Å²) < 4.78 is 0. The Balaban J connectivity index is 2.00. The van der Waals surface area contributed by atoms with Gasteiger partial charge in [0.1, 0.15) is 5.84 Å². The molecule has 3 heteroatoms. The van der Waals surface area contributed by atoms with Crippen molar-refractivity contribution < 1.29 is 0 Å². The number of nitrogens with one attached hydrogen (secondary N) is 1. The molecule has 1 fully saturated rings. The summed E-state index contributed by atoms with van der Waals surface area (Å²) >= 11 is 0. The second-order valence-corrected chi connectivity index (χ2v) is 3.61. The quantitative estimate of drug-likeness (QED) is 0.325. The molecular weight excluding hydrogens is 174 g/mol. The zero-order valence-electron chi connectivity index (χ0n) is 8.11. The van der Waals surface area contributed by atoms with E-state index in [1.165, 1.54) is 18.4 Å². The number of aliphatic imine (C=N–C) groups is 1. The Morgan fingerprint density at radius 2 is 2.07 bits per heavy atom. The summed E-state index contributed by atoms with van der Waals surface area (Å²) in [6.07, 6.45) is 3.22. The van der Waals surface area contributed by atoms with Gasteiger partial charge in [-0.25, -0.2) is 5.84 Å². The molecular formula is C11H15N3. The van der Waals surface area contributed by atoms with E-state index in [9.17, 15) is 0 Å². The number of hydrogen-bond acceptors (Lipinski definition) is 2. The summed E-state index contributed by atoms with van der Waals surface area (Å²) in [4.78, 5) is 4.48. The van der Waals surface area contributed by atoms with Gasteiger partial charge in [-0.1, -0.05) is 30.3 Å². The number of hydrazine groups is 1. The van der Waals surface area contributed by atoms with E-state index in [2.05, 4.69) is 22.6 Å². The standard InChI is InChI=1S/C11H15N3/c12-14-11(13-10-6-7-10)8-9-4-2-1-3-5-9/h1-5,10H,6-8,12H2,(H,13,14). The van der Waals surface area contributed by atoms with Gasteiger partial charge in [0.15, 0.2) is 0 Å². The van der Waals surface area contributed by atoms with E-state index in [4.69, 9.17) is 5.84 Å². The smallest absolute Gasteiger partial charge is 0.115 e. The molecule has 14 heavy (non-hydrogen) atoms. The van der Waals surface area contributed by atoms with Crippen LogP contribution in [-0.4, -0.2) is 11.9 Å². The van der Waals surface area contributed by atoms with E-state index in [1.807, 2.05) is 18.2 Å². The van der Waals surface area contributed by atoms with E-state index >= 15 is 0 Å². The van der Waals surface area contributed by atoms with Crippen LogP contribution in [-0.2, 0) is 6.42 Å². The molecule has 1 aliphatic carbocycles. The lowest BCUT2D eigenvalue weighted by atomic mass is 10.1. The van der Waals surface area contributed by atoms with Crippen LogP contribution in [0.5, 0.6) is 0 Å². The average Bonchev–Trinajstić information content (AvgIpc) is 3.02. The number of hydrogen-bond donors (Lipinski definition) is 2. The molecule has 0 unspecified atom stereocenters. The van der Waals surface area contributed by atoms with Crippen LogP contribution in [0.4, 0.5) is 0 Å². The third kappa shape index (κ3) is 2.57. The highest BCUT2D eigenvalue weighted by Crippen LogP contribution is 2.23. The fourth-order valence-corrected chi connectivity index (χ4v) is 1.35. The van der Waals surface area contributed by atoms with E-state index in [1.54, 1.807) is 0 Å². The van der Waals surface area contributed by atoms with Crippen molar-refractivity contribution in [1.82, 2.24) is 5.43 Å². The van der Waals surface area contributed by atoms with Crippen LogP contribution < -0.4 is 11.3 Å². The van der Waals surface area contributed by atoms with Gasteiger partial charge in [-0.3, -0.25) is 4.99 Å². The first-order valence-corrected chi connectivity index (χ1v) is 4.95. The maximum Gasteiger partial charge on any atom is 0.115 e. The maximum atomic E-state index is 5.42. The lowest BCUT2D eigenvalue weighted by molar-refractivity contribution is 0.940. The van der Waals surface area contributed by atoms with Gasteiger partial charge in [0.2, 0.25) is 0 Å². The third-order valence-electron chi connectivity index (χ3n) is 2.27. The predicted octanol–water partition coefficient (Wildman–Crippen LogP) is 1.25. The molecule has 1 aliphatic rings. The molecule has 0 aromatic heterocycles. The van der Waals surface area contributed by atoms with Gasteiger partial charge in [-0.15, -0.1) is 0 Å². The number of nitrogens with zero attached hydrogens (tertiary/aromatic N) is 1. The molecule has 1 saturated carbocycles. The highest BCUT2D eigenvalue weighted by molar-refractivity contribution is 5.84. The molecule has 0 heterocycles. The Hall–Kier alpha value is -1.35. The zero-order chi connectivity index (χ0) is 9.80. The highest BCUT2D eigenvalue weighted by Gasteiger charge is 2.20. The molecule has 1 aromatic carbocycles. The predicted molar refractivity (Wildman–Crippen MR) is 57.9 cm³/mol. The van der Waals surface area contributed by atoms with Crippen molar-refractivity contribution in [3.05, 3.63) is 35.9 Å². The van der Waals surface area contributed by atoms with Gasteiger partial charge in [0, 0.05) is 6.42 Å². The summed E-state index contributed by atoms with van der Waals surface area (Å²) in [5, 5.41) is 0. The summed E-state index contributed by atoms with van der Waals surface area (Å²) in [6.45, 7) is 0. The molecule has 0 saturated heterocycles. The van der Waals surface area contributed by atoms with Gasteiger partial charge >= 0.3 is 0 Å². The first kappa shape index (κ1) is 9.21. The molecule has 1 aromatic rings. The largest absolute Gasteiger partial charge is 0.312 e. The Labute approximate surface area is 84.0 Å². The van der Waals surface area contributed by atoms with E-state index in [-0.39, 0.29) is 0 Å². The van der Waals surface area contributed by atoms with Crippen molar-refractivity contribution in [2.24, 2.45) is 10.8 Å². The minimum absolute atomic E-state index is 0.518. The Morgan fingerprint density at radius 3 is 2.64 bits per heavy atom. The van der Waals surface area contributed by atoms with Gasteiger partial charge in [-0.05, 0) is 18.4 Å². The fraction of sp³-hybridized carbons (Fsp3) is 0.364. The molecule has 74 valence electrons. The molecule has 0 amide bonds. The maximum absolute atomic E-state index is 5.42. The third-order valence-corrected chi connectivity index (χ3v) is 2.27. The van der Waals surface area contributed by atoms with Crippen molar-refractivity contribution in [1.29, 1.82) is 0 Å². The van der Waals surface area contributed by atoms with Crippen molar-refractivity contribution >= 4 is 5.84 Å². The van der Waals surface area contributed by atoms with Crippen LogP contribution in [0.2, 0.25) is 0 Å². The van der Waals surface area contributed by atoms with Crippen LogP contribution in [0.1, 0.15) is 18.4 Å². The molecule has 0 radical (unpaired) electrons. The summed E-state index contributed by atoms with van der Waals surface area (Å²) in [7, 11) is 0. The fourth-order valence-electron chi connectivity index (χ4n) is 1.35. The zero-order valence-corrected chi connectivity index (χ0v) is 8.11. The van der Waals surface area contributed by atoms with Crippen LogP contribution in [0.25, 0.3) is 0 Å². The molecule has 3 nitrogen and oxygen atoms in total. The van der Waals surface area contributed by atoms with Crippen molar-refractivity contribution in [2.75, 3.05) is 0 Å². The summed E-state index contributed by atoms with van der Waals surface area (Å²) in [5.41, 5.74) is 3.91. The first-order chi connectivity index (χ1) is 6.88. The minimum Gasteiger partial charge on any atom is -0.312 e. The van der Waals surface area contributed by atoms with E-state index in [0.29, 0.717) is 6.04 Å². The molecule has 3 N–H and O–H groups in total. The van der Waals surface area contributed by atoms with Crippen LogP contribution >= 0.6 is 0 Å². The molecule has 0 aliphatic heterocycles. The number of amidine groups is 1. The van der Waals surface area contributed by atoms with Crippen LogP contribution in [0.15, 0.2) is 35.3 Å². The number of nitrogens with two attached hydrogens (primary N) is 1. The normalized spacial score (nSPS) is 16.8. The topological polar surface area (TPSA) is 50.4 Å². The molecule has 0 spiro atoms. The second-order valence-electron chi connectivity index (χ2n) is 3.61. The lowest BCUT2D eigenvalue weighted by Gasteiger charge is -2.05. The number of rotatable bonds is 3. The Bertz CT molecular complexity index is 315. The van der Waals surface area contributed by atoms with Crippen molar-refractivity contribution in [3.8, 4) is 0 Å². The van der Waals surface area contributed by atoms with Crippen molar-refractivity contribution in [3.63, 3.8) is 0 Å². The first-order valence-electron chi connectivity index (χ1n) is 4.95. The summed E-state index contributed by atoms with van der Waals surface area (Å²) in [6, 6.07) is 10.8. The van der Waals surface area contributed by atoms with Crippen LogP contribution in [0, 0.1) is 0 Å². The van der Waals surface area contributed by atoms with Gasteiger partial charge in [0.25, 0.3) is 0 Å². The Kier molecular flexibility index (Phi) is 2.79.